The van der Waals surface area contributed by atoms with Crippen molar-refractivity contribution in [2.45, 2.75) is 4.90 Å². The van der Waals surface area contributed by atoms with Crippen LogP contribution in [0.4, 0.5) is 10.1 Å². The van der Waals surface area contributed by atoms with Crippen LogP contribution in [-0.2, 0) is 9.84 Å². The van der Waals surface area contributed by atoms with E-state index in [1.165, 1.54) is 29.7 Å². The number of fused-ring (bicyclic) bond motifs is 1. The van der Waals surface area contributed by atoms with Gasteiger partial charge in [0.1, 0.15) is 5.75 Å². The van der Waals surface area contributed by atoms with Gasteiger partial charge >= 0.3 is 0 Å². The van der Waals surface area contributed by atoms with E-state index in [0.29, 0.717) is 17.0 Å². The predicted molar refractivity (Wildman–Crippen MR) is 109 cm³/mol. The van der Waals surface area contributed by atoms with Gasteiger partial charge in [-0.05, 0) is 35.9 Å². The summed E-state index contributed by atoms with van der Waals surface area (Å²) in [6.45, 7) is 0. The highest BCUT2D eigenvalue weighted by Gasteiger charge is 2.14. The highest BCUT2D eigenvalue weighted by atomic mass is 32.2. The Morgan fingerprint density at radius 2 is 1.79 bits per heavy atom. The molecule has 4 aromatic rings. The van der Waals surface area contributed by atoms with Crippen LogP contribution in [0, 0.1) is 5.82 Å². The van der Waals surface area contributed by atoms with Gasteiger partial charge in [-0.1, -0.05) is 12.1 Å². The van der Waals surface area contributed by atoms with Gasteiger partial charge in [0, 0.05) is 35.1 Å². The number of thiophene rings is 1. The maximum absolute atomic E-state index is 14.1. The summed E-state index contributed by atoms with van der Waals surface area (Å²) >= 11 is 1.43. The molecule has 2 heterocycles. The number of benzene rings is 2. The van der Waals surface area contributed by atoms with Crippen molar-refractivity contribution in [2.24, 2.45) is 0 Å². The second-order valence-electron chi connectivity index (χ2n) is 6.22. The monoisotopic (exact) mass is 414 g/mol. The predicted octanol–water partition coefficient (Wildman–Crippen LogP) is 4.88. The SMILES string of the molecule is CS(=O)(=O)c1ccc(-c2cc3nccc(Oc4ccc(N)cc4F)c3s2)cc1. The van der Waals surface area contributed by atoms with E-state index >= 15 is 0 Å². The number of halogens is 1. The lowest BCUT2D eigenvalue weighted by Gasteiger charge is -2.07. The number of sulfone groups is 1. The molecule has 0 radical (unpaired) electrons. The molecule has 8 heteroatoms. The van der Waals surface area contributed by atoms with E-state index in [1.54, 1.807) is 42.6 Å². The molecular formula is C20H15FN2O3S2. The molecule has 0 saturated carbocycles. The molecule has 0 bridgehead atoms. The van der Waals surface area contributed by atoms with E-state index in [2.05, 4.69) is 4.98 Å². The molecule has 0 atom stereocenters. The van der Waals surface area contributed by atoms with Gasteiger partial charge in [-0.3, -0.25) is 4.98 Å². The van der Waals surface area contributed by atoms with Crippen molar-refractivity contribution in [3.63, 3.8) is 0 Å². The fourth-order valence-electron chi connectivity index (χ4n) is 2.72. The number of nitrogens with two attached hydrogens (primary N) is 1. The maximum Gasteiger partial charge on any atom is 0.175 e. The Morgan fingerprint density at radius 1 is 1.04 bits per heavy atom. The number of ether oxygens (including phenoxy) is 1. The van der Waals surface area contributed by atoms with E-state index in [-0.39, 0.29) is 10.6 Å². The summed E-state index contributed by atoms with van der Waals surface area (Å²) in [6, 6.07) is 14.5. The summed E-state index contributed by atoms with van der Waals surface area (Å²) in [6.07, 6.45) is 2.77. The van der Waals surface area contributed by atoms with Crippen molar-refractivity contribution in [3.8, 4) is 21.9 Å². The van der Waals surface area contributed by atoms with Crippen LogP contribution in [0.25, 0.3) is 20.7 Å². The topological polar surface area (TPSA) is 82.3 Å². The minimum absolute atomic E-state index is 0.0779. The minimum atomic E-state index is -3.25. The van der Waals surface area contributed by atoms with Crippen molar-refractivity contribution >= 4 is 37.1 Å². The van der Waals surface area contributed by atoms with E-state index in [0.717, 1.165) is 15.1 Å². The summed E-state index contributed by atoms with van der Waals surface area (Å²) in [5.74, 6) is 0.0185. The molecule has 2 aromatic carbocycles. The molecule has 0 fully saturated rings. The summed E-state index contributed by atoms with van der Waals surface area (Å²) < 4.78 is 43.8. The fraction of sp³-hybridized carbons (Fsp3) is 0.0500. The van der Waals surface area contributed by atoms with E-state index in [9.17, 15) is 12.8 Å². The van der Waals surface area contributed by atoms with Gasteiger partial charge in [0.05, 0.1) is 15.1 Å². The van der Waals surface area contributed by atoms with Crippen LogP contribution in [0.5, 0.6) is 11.5 Å². The largest absolute Gasteiger partial charge is 0.453 e. The summed E-state index contributed by atoms with van der Waals surface area (Å²) in [5.41, 5.74) is 7.47. The number of aromatic nitrogens is 1. The number of nitrogens with zero attached hydrogens (tertiary/aromatic N) is 1. The molecule has 0 spiro atoms. The number of pyridine rings is 1. The van der Waals surface area contributed by atoms with Gasteiger partial charge in [-0.15, -0.1) is 11.3 Å². The standard InChI is InChI=1S/C20H15FN2O3S2/c1-28(24,25)14-5-2-12(3-6-14)19-11-16-20(27-19)18(8-9-23-16)26-17-7-4-13(22)10-15(17)21/h2-11H,22H2,1H3. The van der Waals surface area contributed by atoms with Crippen LogP contribution in [0.15, 0.2) is 65.7 Å². The van der Waals surface area contributed by atoms with E-state index < -0.39 is 15.7 Å². The summed E-state index contributed by atoms with van der Waals surface area (Å²) in [7, 11) is -3.25. The Morgan fingerprint density at radius 3 is 2.46 bits per heavy atom. The molecule has 2 N–H and O–H groups in total. The summed E-state index contributed by atoms with van der Waals surface area (Å²) in [4.78, 5) is 5.51. The van der Waals surface area contributed by atoms with Crippen molar-refractivity contribution in [2.75, 3.05) is 12.0 Å². The Balaban J connectivity index is 1.73. The van der Waals surface area contributed by atoms with Gasteiger partial charge in [-0.2, -0.15) is 0 Å². The zero-order valence-electron chi connectivity index (χ0n) is 14.7. The number of anilines is 1. The number of hydrogen-bond donors (Lipinski definition) is 1. The Labute approximate surface area is 165 Å². The maximum atomic E-state index is 14.1. The first-order valence-corrected chi connectivity index (χ1v) is 10.9. The van der Waals surface area contributed by atoms with Gasteiger partial charge in [0.25, 0.3) is 0 Å². The molecule has 0 amide bonds. The lowest BCUT2D eigenvalue weighted by Crippen LogP contribution is -1.95. The van der Waals surface area contributed by atoms with Gasteiger partial charge in [0.2, 0.25) is 0 Å². The quantitative estimate of drug-likeness (QED) is 0.481. The molecule has 4 rings (SSSR count). The first-order valence-electron chi connectivity index (χ1n) is 8.23. The van der Waals surface area contributed by atoms with Crippen LogP contribution in [0.2, 0.25) is 0 Å². The molecule has 5 nitrogen and oxygen atoms in total. The van der Waals surface area contributed by atoms with Crippen molar-refractivity contribution in [1.82, 2.24) is 4.98 Å². The number of nitrogen functional groups attached to an aromatic ring is 1. The summed E-state index contributed by atoms with van der Waals surface area (Å²) in [5, 5.41) is 0. The molecule has 142 valence electrons. The first-order chi connectivity index (χ1) is 13.3. The third-order valence-electron chi connectivity index (χ3n) is 4.12. The second kappa shape index (κ2) is 6.88. The first kappa shape index (κ1) is 18.4. The van der Waals surface area contributed by atoms with Crippen molar-refractivity contribution in [1.29, 1.82) is 0 Å². The Kier molecular flexibility index (Phi) is 4.52. The average Bonchev–Trinajstić information content (AvgIpc) is 3.09. The zero-order chi connectivity index (χ0) is 19.9. The second-order valence-corrected chi connectivity index (χ2v) is 9.29. The van der Waals surface area contributed by atoms with Crippen molar-refractivity contribution < 1.29 is 17.5 Å². The third-order valence-corrected chi connectivity index (χ3v) is 6.44. The van der Waals surface area contributed by atoms with Crippen LogP contribution >= 0.6 is 11.3 Å². The van der Waals surface area contributed by atoms with Gasteiger partial charge in [0.15, 0.2) is 21.4 Å². The third kappa shape index (κ3) is 3.56. The van der Waals surface area contributed by atoms with Crippen LogP contribution in [0.1, 0.15) is 0 Å². The molecule has 0 aliphatic carbocycles. The lowest BCUT2D eigenvalue weighted by molar-refractivity contribution is 0.447. The molecular weight excluding hydrogens is 399 g/mol. The van der Waals surface area contributed by atoms with E-state index in [4.69, 9.17) is 10.5 Å². The lowest BCUT2D eigenvalue weighted by atomic mass is 10.2. The normalized spacial score (nSPS) is 11.6. The highest BCUT2D eigenvalue weighted by Crippen LogP contribution is 2.39. The minimum Gasteiger partial charge on any atom is -0.453 e. The average molecular weight is 414 g/mol. The van der Waals surface area contributed by atoms with Crippen molar-refractivity contribution in [3.05, 3.63) is 66.6 Å². The van der Waals surface area contributed by atoms with E-state index in [1.807, 2.05) is 6.07 Å². The van der Waals surface area contributed by atoms with Crippen LogP contribution < -0.4 is 10.5 Å². The zero-order valence-corrected chi connectivity index (χ0v) is 16.4. The van der Waals surface area contributed by atoms with Gasteiger partial charge < -0.3 is 10.5 Å². The molecule has 0 aliphatic heterocycles. The van der Waals surface area contributed by atoms with Crippen LogP contribution in [0.3, 0.4) is 0 Å². The number of hydrogen-bond acceptors (Lipinski definition) is 6. The number of rotatable bonds is 4. The fourth-order valence-corrected chi connectivity index (χ4v) is 4.42. The Bertz CT molecular complexity index is 1280. The Hall–Kier alpha value is -2.97. The molecule has 0 unspecified atom stereocenters. The van der Waals surface area contributed by atoms with Crippen LogP contribution in [-0.4, -0.2) is 19.7 Å². The van der Waals surface area contributed by atoms with Gasteiger partial charge in [-0.25, -0.2) is 12.8 Å². The smallest absolute Gasteiger partial charge is 0.175 e. The molecule has 0 aliphatic rings. The highest BCUT2D eigenvalue weighted by molar-refractivity contribution is 7.90. The molecule has 2 aromatic heterocycles. The molecule has 0 saturated heterocycles. The molecule has 28 heavy (non-hydrogen) atoms.